The molecule has 3 aliphatic rings. The molecule has 59 heavy (non-hydrogen) atoms. The zero-order valence-corrected chi connectivity index (χ0v) is 35.4. The molecule has 0 N–H and O–H groups in total. The number of para-hydroxylation sites is 3. The fourth-order valence-corrected chi connectivity index (χ4v) is 9.32. The van der Waals surface area contributed by atoms with Gasteiger partial charge in [0.25, 0.3) is 0 Å². The summed E-state index contributed by atoms with van der Waals surface area (Å²) in [6.07, 6.45) is 8.79. The van der Waals surface area contributed by atoms with Gasteiger partial charge < -0.3 is 0 Å². The van der Waals surface area contributed by atoms with E-state index in [1.165, 1.54) is 22.3 Å². The lowest BCUT2D eigenvalue weighted by atomic mass is 9.88. The number of ketones is 2. The van der Waals surface area contributed by atoms with Gasteiger partial charge in [-0.15, -0.1) is 0 Å². The van der Waals surface area contributed by atoms with E-state index in [2.05, 4.69) is 133 Å². The number of allylic oxidation sites excluding steroid dienone is 4. The molecule has 6 nitrogen and oxygen atoms in total. The lowest BCUT2D eigenvalue weighted by Gasteiger charge is -2.31. The van der Waals surface area contributed by atoms with E-state index in [9.17, 15) is 9.59 Å². The van der Waals surface area contributed by atoms with E-state index in [1.807, 2.05) is 42.5 Å². The average Bonchev–Trinajstić information content (AvgIpc) is 3.61. The fourth-order valence-electron chi connectivity index (χ4n) is 9.32. The number of rotatable bonds is 6. The van der Waals surface area contributed by atoms with Gasteiger partial charge in [0.05, 0.1) is 28.0 Å². The van der Waals surface area contributed by atoms with Crippen LogP contribution in [0.2, 0.25) is 0 Å². The molecule has 6 heteroatoms. The third-order valence-corrected chi connectivity index (χ3v) is 12.0. The Morgan fingerprint density at radius 3 is 1.83 bits per heavy atom. The molecule has 9 rings (SSSR count). The highest BCUT2D eigenvalue weighted by molar-refractivity contribution is 6.39. The van der Waals surface area contributed by atoms with Crippen LogP contribution in [0.5, 0.6) is 0 Å². The van der Waals surface area contributed by atoms with Gasteiger partial charge in [-0.3, -0.25) is 19.4 Å². The molecule has 0 bridgehead atoms. The zero-order valence-electron chi connectivity index (χ0n) is 35.4. The Morgan fingerprint density at radius 1 is 0.644 bits per heavy atom. The minimum absolute atomic E-state index is 0.158. The number of Topliss-reactive ketones (excluding diaryl/α,β-unsaturated/α-hetero) is 2. The van der Waals surface area contributed by atoms with Crippen molar-refractivity contribution < 1.29 is 9.59 Å². The average molecular weight is 775 g/mol. The van der Waals surface area contributed by atoms with Gasteiger partial charge in [-0.1, -0.05) is 118 Å². The number of fused-ring (bicyclic) bond motifs is 4. The Labute approximate surface area is 347 Å². The summed E-state index contributed by atoms with van der Waals surface area (Å²) >= 11 is 0. The first-order valence-corrected chi connectivity index (χ1v) is 20.8. The number of aryl methyl sites for hydroxylation is 4. The van der Waals surface area contributed by atoms with Gasteiger partial charge in [-0.2, -0.15) is 0 Å². The van der Waals surface area contributed by atoms with E-state index < -0.39 is 0 Å². The van der Waals surface area contributed by atoms with Crippen molar-refractivity contribution in [2.24, 2.45) is 5.92 Å². The van der Waals surface area contributed by atoms with E-state index in [4.69, 9.17) is 9.97 Å². The van der Waals surface area contributed by atoms with Crippen LogP contribution in [-0.4, -0.2) is 21.5 Å². The fraction of sp³-hybridized carbons (Fsp3) is 0.245. The second kappa shape index (κ2) is 14.5. The Bertz CT molecular complexity index is 2830. The standard InChI is InChI=1S/C53H50N4O2/c1-29(2)39-13-12-14-40(30(3)4)49(39)57-47(20-19-41-50(58)43-27-36-18-17-31(5)23-37(36)28-44(43)51(41)59)56(52-53(57)55-46-16-11-10-15-45(46)54-52)48-35(9)22-34(8)26-42(48)38-24-32(6)21-33(7)25-38/h10-22,24-31H,23H2,1-9H3/b41-19+,47-20-. The number of hydrogen-bond donors (Lipinski definition) is 0. The summed E-state index contributed by atoms with van der Waals surface area (Å²) in [5.74, 6) is 2.35. The molecular formula is C53H50N4O2. The van der Waals surface area contributed by atoms with Crippen molar-refractivity contribution in [3.05, 3.63) is 170 Å². The summed E-state index contributed by atoms with van der Waals surface area (Å²) in [6.45, 7) is 19.6. The predicted octanol–water partition coefficient (Wildman–Crippen LogP) is 13.1. The molecule has 1 unspecified atom stereocenters. The molecule has 0 fully saturated rings. The smallest absolute Gasteiger partial charge is 0.197 e. The number of nitrogens with zero attached hydrogens (tertiary/aromatic N) is 4. The molecule has 1 aromatic heterocycles. The van der Waals surface area contributed by atoms with Crippen LogP contribution in [-0.2, 0) is 6.42 Å². The number of carbonyl (C=O) groups excluding carboxylic acids is 2. The van der Waals surface area contributed by atoms with Crippen molar-refractivity contribution in [3.63, 3.8) is 0 Å². The number of aromatic nitrogens is 2. The van der Waals surface area contributed by atoms with E-state index in [0.29, 0.717) is 28.7 Å². The number of carbonyl (C=O) groups is 2. The number of anilines is 4. The molecule has 1 aliphatic heterocycles. The molecule has 0 spiro atoms. The van der Waals surface area contributed by atoms with Crippen molar-refractivity contribution in [1.82, 2.24) is 9.97 Å². The summed E-state index contributed by atoms with van der Waals surface area (Å²) in [5.41, 5.74) is 15.8. The minimum atomic E-state index is -0.250. The topological polar surface area (TPSA) is 66.4 Å². The molecule has 0 saturated heterocycles. The zero-order chi connectivity index (χ0) is 41.4. The Hall–Kier alpha value is -6.40. The predicted molar refractivity (Wildman–Crippen MR) is 242 cm³/mol. The van der Waals surface area contributed by atoms with Gasteiger partial charge in [-0.05, 0) is 128 Å². The second-order valence-corrected chi connectivity index (χ2v) is 17.4. The van der Waals surface area contributed by atoms with Crippen LogP contribution in [0.3, 0.4) is 0 Å². The van der Waals surface area contributed by atoms with Crippen LogP contribution in [0, 0.1) is 33.6 Å². The van der Waals surface area contributed by atoms with Crippen LogP contribution in [0.4, 0.5) is 23.0 Å². The van der Waals surface area contributed by atoms with Gasteiger partial charge in [-0.25, -0.2) is 9.97 Å². The summed E-state index contributed by atoms with van der Waals surface area (Å²) in [6, 6.07) is 29.6. The minimum Gasteiger partial charge on any atom is -0.288 e. The molecule has 0 radical (unpaired) electrons. The van der Waals surface area contributed by atoms with Crippen molar-refractivity contribution in [2.75, 3.05) is 9.80 Å². The number of hydrogen-bond acceptors (Lipinski definition) is 6. The number of benzene rings is 5. The van der Waals surface area contributed by atoms with Gasteiger partial charge >= 0.3 is 0 Å². The lowest BCUT2D eigenvalue weighted by Crippen LogP contribution is -2.25. The van der Waals surface area contributed by atoms with Gasteiger partial charge in [0.1, 0.15) is 5.82 Å². The molecular weight excluding hydrogens is 725 g/mol. The van der Waals surface area contributed by atoms with E-state index >= 15 is 0 Å². The van der Waals surface area contributed by atoms with Gasteiger partial charge in [0, 0.05) is 16.7 Å². The van der Waals surface area contributed by atoms with E-state index in [-0.39, 0.29) is 29.0 Å². The third-order valence-electron chi connectivity index (χ3n) is 12.0. The van der Waals surface area contributed by atoms with Crippen molar-refractivity contribution >= 4 is 51.7 Å². The third kappa shape index (κ3) is 6.42. The highest BCUT2D eigenvalue weighted by Gasteiger charge is 2.41. The maximum atomic E-state index is 14.4. The summed E-state index contributed by atoms with van der Waals surface area (Å²) in [4.78, 5) is 44.0. The van der Waals surface area contributed by atoms with Crippen LogP contribution in [0.15, 0.2) is 115 Å². The van der Waals surface area contributed by atoms with Gasteiger partial charge in [0.15, 0.2) is 23.2 Å². The molecule has 2 heterocycles. The first-order chi connectivity index (χ1) is 28.3. The normalized spacial score (nSPS) is 17.3. The van der Waals surface area contributed by atoms with Crippen molar-refractivity contribution in [2.45, 2.75) is 80.6 Å². The molecule has 0 amide bonds. The first-order valence-electron chi connectivity index (χ1n) is 20.8. The first kappa shape index (κ1) is 38.1. The molecule has 2 aliphatic carbocycles. The summed E-state index contributed by atoms with van der Waals surface area (Å²) < 4.78 is 0. The Morgan fingerprint density at radius 2 is 1.22 bits per heavy atom. The highest BCUT2D eigenvalue weighted by atomic mass is 16.2. The molecule has 5 aromatic carbocycles. The maximum absolute atomic E-state index is 14.4. The Balaban J connectivity index is 1.36. The summed E-state index contributed by atoms with van der Waals surface area (Å²) in [5, 5.41) is 0. The SMILES string of the molecule is Cc1cc(C)cc(-c2cc(C)cc(C)c2N2/C(=C/C=C3\C(=O)c4cc5c(cc4C3=O)CC(C)C=C5)N(c3c(C(C)C)cccc3C(C)C)c3nc4ccccc4nc32)c1. The van der Waals surface area contributed by atoms with Gasteiger partial charge in [0.2, 0.25) is 0 Å². The molecule has 0 saturated carbocycles. The quantitative estimate of drug-likeness (QED) is 0.124. The van der Waals surface area contributed by atoms with Crippen LogP contribution >= 0.6 is 0 Å². The largest absolute Gasteiger partial charge is 0.288 e. The van der Waals surface area contributed by atoms with Crippen LogP contribution in [0.1, 0.15) is 112 Å². The van der Waals surface area contributed by atoms with Crippen molar-refractivity contribution in [1.29, 1.82) is 0 Å². The van der Waals surface area contributed by atoms with Crippen LogP contribution in [0.25, 0.3) is 28.2 Å². The summed E-state index contributed by atoms with van der Waals surface area (Å²) in [7, 11) is 0. The Kier molecular flexibility index (Phi) is 9.34. The molecule has 294 valence electrons. The highest BCUT2D eigenvalue weighted by Crippen LogP contribution is 2.54. The lowest BCUT2D eigenvalue weighted by molar-refractivity contribution is 0.0988. The second-order valence-electron chi connectivity index (χ2n) is 17.4. The maximum Gasteiger partial charge on any atom is 0.197 e. The van der Waals surface area contributed by atoms with E-state index in [0.717, 1.165) is 68.0 Å². The molecule has 6 aromatic rings. The van der Waals surface area contributed by atoms with Crippen LogP contribution < -0.4 is 9.80 Å². The monoisotopic (exact) mass is 774 g/mol. The molecule has 1 atom stereocenters. The van der Waals surface area contributed by atoms with Crippen molar-refractivity contribution in [3.8, 4) is 11.1 Å². The van der Waals surface area contributed by atoms with E-state index in [1.54, 1.807) is 6.08 Å².